The molecule has 33 heavy (non-hydrogen) atoms. The quantitative estimate of drug-likeness (QED) is 0.573. The van der Waals surface area contributed by atoms with Crippen molar-refractivity contribution in [3.05, 3.63) is 89.5 Å². The van der Waals surface area contributed by atoms with Crippen molar-refractivity contribution in [1.82, 2.24) is 5.32 Å². The zero-order valence-electron chi connectivity index (χ0n) is 18.5. The largest absolute Gasteiger partial charge is 0.497 e. The number of sulfonamides is 1. The highest BCUT2D eigenvalue weighted by molar-refractivity contribution is 7.93. The van der Waals surface area contributed by atoms with Gasteiger partial charge >= 0.3 is 0 Å². The molecule has 0 bridgehead atoms. The number of carbonyl (C=O) groups excluding carboxylic acids is 1. The van der Waals surface area contributed by atoms with Gasteiger partial charge in [0.2, 0.25) is 10.0 Å². The Kier molecular flexibility index (Phi) is 6.55. The van der Waals surface area contributed by atoms with Crippen LogP contribution in [0.25, 0.3) is 0 Å². The second kappa shape index (κ2) is 9.54. The smallest absolute Gasteiger partial charge is 0.252 e. The first kappa shape index (κ1) is 22.7. The summed E-state index contributed by atoms with van der Waals surface area (Å²) in [6.45, 7) is 0.424. The summed E-state index contributed by atoms with van der Waals surface area (Å²) in [6.07, 6.45) is 0.579. The van der Waals surface area contributed by atoms with Crippen LogP contribution in [0.3, 0.4) is 0 Å². The van der Waals surface area contributed by atoms with Crippen molar-refractivity contribution < 1.29 is 22.7 Å². The highest BCUT2D eigenvalue weighted by Crippen LogP contribution is 2.28. The number of anilines is 1. The number of rotatable bonds is 7. The summed E-state index contributed by atoms with van der Waals surface area (Å²) in [7, 11) is -0.122. The van der Waals surface area contributed by atoms with Gasteiger partial charge in [0.1, 0.15) is 11.5 Å². The molecular weight excluding hydrogens is 440 g/mol. The van der Waals surface area contributed by atoms with Crippen LogP contribution in [0, 0.1) is 0 Å². The van der Waals surface area contributed by atoms with Gasteiger partial charge in [-0.2, -0.15) is 0 Å². The molecule has 1 N–H and O–H groups in total. The first-order valence-corrected chi connectivity index (χ1v) is 12.2. The molecule has 0 aromatic heterocycles. The molecule has 1 fully saturated rings. The topological polar surface area (TPSA) is 84.9 Å². The minimum Gasteiger partial charge on any atom is -0.497 e. The third-order valence-corrected chi connectivity index (χ3v) is 7.54. The Morgan fingerprint density at radius 2 is 1.48 bits per heavy atom. The van der Waals surface area contributed by atoms with Crippen molar-refractivity contribution in [2.75, 3.05) is 30.8 Å². The van der Waals surface area contributed by atoms with Crippen LogP contribution in [-0.2, 0) is 10.0 Å². The van der Waals surface area contributed by atoms with Gasteiger partial charge in [-0.05, 0) is 60.0 Å². The number of nitrogens with one attached hydrogen (secondary N) is 1. The van der Waals surface area contributed by atoms with Crippen LogP contribution in [0.2, 0.25) is 0 Å². The zero-order chi connectivity index (χ0) is 23.4. The molecule has 7 nitrogen and oxygen atoms in total. The van der Waals surface area contributed by atoms with Gasteiger partial charge < -0.3 is 14.8 Å². The van der Waals surface area contributed by atoms with E-state index in [9.17, 15) is 13.2 Å². The van der Waals surface area contributed by atoms with Crippen LogP contribution in [0.1, 0.15) is 33.9 Å². The lowest BCUT2D eigenvalue weighted by atomic mass is 9.98. The van der Waals surface area contributed by atoms with Crippen molar-refractivity contribution in [3.8, 4) is 11.5 Å². The van der Waals surface area contributed by atoms with Crippen molar-refractivity contribution in [3.63, 3.8) is 0 Å². The maximum Gasteiger partial charge on any atom is 0.252 e. The molecule has 0 radical (unpaired) electrons. The fourth-order valence-electron chi connectivity index (χ4n) is 3.90. The minimum atomic E-state index is -3.33. The molecule has 1 aliphatic heterocycles. The molecule has 0 aliphatic carbocycles. The monoisotopic (exact) mass is 466 g/mol. The van der Waals surface area contributed by atoms with Crippen molar-refractivity contribution in [2.24, 2.45) is 0 Å². The Labute approximate surface area is 194 Å². The number of carbonyl (C=O) groups is 1. The molecule has 0 atom stereocenters. The number of amides is 1. The predicted molar refractivity (Wildman–Crippen MR) is 127 cm³/mol. The predicted octanol–water partition coefficient (Wildman–Crippen LogP) is 3.76. The molecule has 3 aromatic rings. The Morgan fingerprint density at radius 3 is 1.97 bits per heavy atom. The van der Waals surface area contributed by atoms with Gasteiger partial charge in [-0.25, -0.2) is 8.42 Å². The standard InChI is InChI=1S/C25H26N2O5S/c1-31-22-11-7-18(8-12-22)24(19-9-13-23(32-2)14-10-19)26-25(28)20-5-3-6-21(17-20)27-15-4-16-33(27,29)30/h3,5-14,17,24H,4,15-16H2,1-2H3,(H,26,28). The van der Waals surface area contributed by atoms with E-state index < -0.39 is 16.1 Å². The number of ether oxygens (including phenoxy) is 2. The first-order valence-electron chi connectivity index (χ1n) is 10.6. The summed E-state index contributed by atoms with van der Waals surface area (Å²) in [4.78, 5) is 13.2. The van der Waals surface area contributed by atoms with Crippen LogP contribution < -0.4 is 19.1 Å². The Bertz CT molecular complexity index is 1180. The highest BCUT2D eigenvalue weighted by Gasteiger charge is 2.29. The van der Waals surface area contributed by atoms with Crippen LogP contribution in [0.5, 0.6) is 11.5 Å². The van der Waals surface area contributed by atoms with E-state index in [2.05, 4.69) is 5.32 Å². The van der Waals surface area contributed by atoms with Gasteiger partial charge in [-0.3, -0.25) is 9.10 Å². The highest BCUT2D eigenvalue weighted by atomic mass is 32.2. The Morgan fingerprint density at radius 1 is 0.909 bits per heavy atom. The van der Waals surface area contributed by atoms with E-state index >= 15 is 0 Å². The zero-order valence-corrected chi connectivity index (χ0v) is 19.3. The average Bonchev–Trinajstić information content (AvgIpc) is 3.21. The van der Waals surface area contributed by atoms with E-state index in [1.165, 1.54) is 4.31 Å². The average molecular weight is 467 g/mol. The third-order valence-electron chi connectivity index (χ3n) is 5.67. The molecule has 0 unspecified atom stereocenters. The van der Waals surface area contributed by atoms with Crippen molar-refractivity contribution in [1.29, 1.82) is 0 Å². The second-order valence-electron chi connectivity index (χ2n) is 7.74. The summed E-state index contributed by atoms with van der Waals surface area (Å²) in [5, 5.41) is 3.09. The molecule has 172 valence electrons. The summed E-state index contributed by atoms with van der Waals surface area (Å²) in [6, 6.07) is 21.3. The van der Waals surface area contributed by atoms with Gasteiger partial charge in [0.25, 0.3) is 5.91 Å². The van der Waals surface area contributed by atoms with E-state index in [1.54, 1.807) is 38.5 Å². The van der Waals surface area contributed by atoms with Gasteiger partial charge in [-0.15, -0.1) is 0 Å². The number of benzene rings is 3. The Balaban J connectivity index is 1.64. The summed E-state index contributed by atoms with van der Waals surface area (Å²) in [5.41, 5.74) is 2.66. The summed E-state index contributed by atoms with van der Waals surface area (Å²) < 4.78 is 36.5. The molecule has 3 aromatic carbocycles. The lowest BCUT2D eigenvalue weighted by Crippen LogP contribution is -2.30. The van der Waals surface area contributed by atoms with E-state index in [4.69, 9.17) is 9.47 Å². The summed E-state index contributed by atoms with van der Waals surface area (Å²) in [5.74, 6) is 1.27. The van der Waals surface area contributed by atoms with Gasteiger partial charge in [-0.1, -0.05) is 30.3 Å². The van der Waals surface area contributed by atoms with Crippen LogP contribution in [-0.4, -0.2) is 40.8 Å². The maximum absolute atomic E-state index is 13.2. The second-order valence-corrected chi connectivity index (χ2v) is 9.76. The molecular formula is C25H26N2O5S. The van der Waals surface area contributed by atoms with Gasteiger partial charge in [0, 0.05) is 12.1 Å². The van der Waals surface area contributed by atoms with Crippen molar-refractivity contribution in [2.45, 2.75) is 12.5 Å². The van der Waals surface area contributed by atoms with Crippen LogP contribution >= 0.6 is 0 Å². The first-order chi connectivity index (χ1) is 15.9. The third kappa shape index (κ3) is 4.96. The summed E-state index contributed by atoms with van der Waals surface area (Å²) >= 11 is 0. The molecule has 8 heteroatoms. The minimum absolute atomic E-state index is 0.125. The molecule has 1 saturated heterocycles. The molecule has 0 spiro atoms. The van der Waals surface area contributed by atoms with Gasteiger partial charge in [0.05, 0.1) is 31.7 Å². The number of hydrogen-bond acceptors (Lipinski definition) is 5. The maximum atomic E-state index is 13.2. The molecule has 4 rings (SSSR count). The fourth-order valence-corrected chi connectivity index (χ4v) is 5.45. The molecule has 0 saturated carbocycles. The number of nitrogens with zero attached hydrogens (tertiary/aromatic N) is 1. The molecule has 1 heterocycles. The van der Waals surface area contributed by atoms with E-state index in [0.29, 0.717) is 24.2 Å². The van der Waals surface area contributed by atoms with Crippen LogP contribution in [0.15, 0.2) is 72.8 Å². The lowest BCUT2D eigenvalue weighted by Gasteiger charge is -2.21. The van der Waals surface area contributed by atoms with E-state index in [1.807, 2.05) is 48.5 Å². The number of methoxy groups -OCH3 is 2. The number of hydrogen-bond donors (Lipinski definition) is 1. The van der Waals surface area contributed by atoms with Crippen LogP contribution in [0.4, 0.5) is 5.69 Å². The molecule has 1 amide bonds. The van der Waals surface area contributed by atoms with E-state index in [0.717, 1.165) is 22.6 Å². The lowest BCUT2D eigenvalue weighted by molar-refractivity contribution is 0.0943. The van der Waals surface area contributed by atoms with E-state index in [-0.39, 0.29) is 11.7 Å². The van der Waals surface area contributed by atoms with Gasteiger partial charge in [0.15, 0.2) is 0 Å². The Hall–Kier alpha value is -3.52. The SMILES string of the molecule is COc1ccc(C(NC(=O)c2cccc(N3CCCS3(=O)=O)c2)c2ccc(OC)cc2)cc1. The normalized spacial score (nSPS) is 14.8. The fraction of sp³-hybridized carbons (Fsp3) is 0.240. The molecule has 1 aliphatic rings. The van der Waals surface area contributed by atoms with Crippen molar-refractivity contribution >= 4 is 21.6 Å².